The van der Waals surface area contributed by atoms with Gasteiger partial charge in [0.15, 0.2) is 0 Å². The molecule has 1 aromatic rings. The Morgan fingerprint density at radius 1 is 1.26 bits per heavy atom. The molecule has 1 unspecified atom stereocenters. The number of carbonyl (C=O) groups is 1. The maximum atomic E-state index is 12.1. The Kier molecular flexibility index (Phi) is 10.5. The van der Waals surface area contributed by atoms with Crippen molar-refractivity contribution in [1.82, 2.24) is 10.2 Å². The third-order valence-corrected chi connectivity index (χ3v) is 4.35. The van der Waals surface area contributed by atoms with Crippen LogP contribution in [-0.4, -0.2) is 36.5 Å². The Balaban J connectivity index is 0.00000484. The SMILES string of the molecule is CCN(CC)C(CNC(=O)[C@@H](N)C(C)C)c1ccccc1Cl.Cl. The number of rotatable bonds is 8. The minimum absolute atomic E-state index is 0. The first-order chi connectivity index (χ1) is 10.4. The maximum Gasteiger partial charge on any atom is 0.237 e. The van der Waals surface area contributed by atoms with Crippen molar-refractivity contribution in [3.63, 3.8) is 0 Å². The first-order valence-electron chi connectivity index (χ1n) is 7.94. The van der Waals surface area contributed by atoms with Crippen molar-refractivity contribution in [1.29, 1.82) is 0 Å². The van der Waals surface area contributed by atoms with E-state index in [-0.39, 0.29) is 30.3 Å². The number of nitrogens with zero attached hydrogens (tertiary/aromatic N) is 1. The smallest absolute Gasteiger partial charge is 0.237 e. The van der Waals surface area contributed by atoms with Gasteiger partial charge in [-0.25, -0.2) is 0 Å². The molecule has 0 aliphatic carbocycles. The van der Waals surface area contributed by atoms with Gasteiger partial charge >= 0.3 is 0 Å². The van der Waals surface area contributed by atoms with Crippen LogP contribution in [0.1, 0.15) is 39.3 Å². The summed E-state index contributed by atoms with van der Waals surface area (Å²) in [5, 5.41) is 3.70. The van der Waals surface area contributed by atoms with Crippen molar-refractivity contribution in [3.05, 3.63) is 34.9 Å². The van der Waals surface area contributed by atoms with E-state index in [4.69, 9.17) is 17.3 Å². The Labute approximate surface area is 151 Å². The first kappa shape index (κ1) is 22.2. The van der Waals surface area contributed by atoms with E-state index in [9.17, 15) is 4.79 Å². The van der Waals surface area contributed by atoms with E-state index in [1.165, 1.54) is 0 Å². The summed E-state index contributed by atoms with van der Waals surface area (Å²) in [5.41, 5.74) is 6.94. The molecule has 1 rings (SSSR count). The predicted molar refractivity (Wildman–Crippen MR) is 100 cm³/mol. The molecule has 23 heavy (non-hydrogen) atoms. The molecule has 1 amide bonds. The molecule has 0 radical (unpaired) electrons. The van der Waals surface area contributed by atoms with Crippen LogP contribution in [0, 0.1) is 5.92 Å². The van der Waals surface area contributed by atoms with E-state index < -0.39 is 6.04 Å². The van der Waals surface area contributed by atoms with Gasteiger partial charge < -0.3 is 11.1 Å². The van der Waals surface area contributed by atoms with Gasteiger partial charge in [0.1, 0.15) is 0 Å². The molecular weight excluding hydrogens is 333 g/mol. The van der Waals surface area contributed by atoms with Crippen molar-refractivity contribution in [2.45, 2.75) is 39.8 Å². The normalized spacial score (nSPS) is 13.6. The van der Waals surface area contributed by atoms with Gasteiger partial charge in [0.05, 0.1) is 12.1 Å². The van der Waals surface area contributed by atoms with Gasteiger partial charge in [0.2, 0.25) is 5.91 Å². The fourth-order valence-corrected chi connectivity index (χ4v) is 2.73. The van der Waals surface area contributed by atoms with E-state index >= 15 is 0 Å². The van der Waals surface area contributed by atoms with Crippen LogP contribution in [-0.2, 0) is 4.79 Å². The maximum absolute atomic E-state index is 12.1. The molecule has 0 aliphatic heterocycles. The zero-order valence-corrected chi connectivity index (χ0v) is 16.0. The van der Waals surface area contributed by atoms with Gasteiger partial charge in [-0.3, -0.25) is 9.69 Å². The second-order valence-corrected chi connectivity index (χ2v) is 6.18. The standard InChI is InChI=1S/C17H28ClN3O.ClH/c1-5-21(6-2)15(13-9-7-8-10-14(13)18)11-20-17(22)16(19)12(3)4;/h7-10,12,15-16H,5-6,11,19H2,1-4H3,(H,20,22);1H/t15?,16-;/m0./s1. The lowest BCUT2D eigenvalue weighted by Crippen LogP contribution is -2.47. The molecule has 0 spiro atoms. The highest BCUT2D eigenvalue weighted by Crippen LogP contribution is 2.26. The van der Waals surface area contributed by atoms with E-state index in [1.54, 1.807) is 0 Å². The molecule has 0 saturated carbocycles. The number of likely N-dealkylation sites (N-methyl/N-ethyl adjacent to an activating group) is 1. The fourth-order valence-electron chi connectivity index (χ4n) is 2.46. The third-order valence-electron chi connectivity index (χ3n) is 4.01. The molecule has 0 fully saturated rings. The molecule has 1 aromatic carbocycles. The zero-order valence-electron chi connectivity index (χ0n) is 14.4. The Morgan fingerprint density at radius 2 is 1.83 bits per heavy atom. The number of hydrogen-bond acceptors (Lipinski definition) is 3. The number of nitrogens with two attached hydrogens (primary N) is 1. The Bertz CT molecular complexity index is 479. The van der Waals surface area contributed by atoms with Crippen molar-refractivity contribution in [3.8, 4) is 0 Å². The third kappa shape index (κ3) is 6.30. The number of hydrogen-bond donors (Lipinski definition) is 2. The van der Waals surface area contributed by atoms with Crippen LogP contribution in [0.25, 0.3) is 0 Å². The second-order valence-electron chi connectivity index (χ2n) is 5.77. The molecule has 2 atom stereocenters. The molecule has 4 nitrogen and oxygen atoms in total. The van der Waals surface area contributed by atoms with E-state index in [1.807, 2.05) is 38.1 Å². The van der Waals surface area contributed by atoms with Gasteiger partial charge in [-0.2, -0.15) is 0 Å². The topological polar surface area (TPSA) is 58.4 Å². The monoisotopic (exact) mass is 361 g/mol. The Morgan fingerprint density at radius 3 is 2.30 bits per heavy atom. The molecular formula is C17H29Cl2N3O. The van der Waals surface area contributed by atoms with Crippen LogP contribution in [0.5, 0.6) is 0 Å². The average molecular weight is 362 g/mol. The molecule has 0 aromatic heterocycles. The van der Waals surface area contributed by atoms with Crippen LogP contribution in [0.3, 0.4) is 0 Å². The van der Waals surface area contributed by atoms with Crippen molar-refractivity contribution >= 4 is 29.9 Å². The van der Waals surface area contributed by atoms with Gasteiger partial charge in [-0.1, -0.05) is 57.5 Å². The molecule has 132 valence electrons. The Hall–Kier alpha value is -0.810. The minimum Gasteiger partial charge on any atom is -0.353 e. The molecule has 0 bridgehead atoms. The van der Waals surface area contributed by atoms with E-state index in [0.717, 1.165) is 23.7 Å². The van der Waals surface area contributed by atoms with E-state index in [2.05, 4.69) is 24.1 Å². The highest BCUT2D eigenvalue weighted by atomic mass is 35.5. The van der Waals surface area contributed by atoms with Crippen LogP contribution < -0.4 is 11.1 Å². The van der Waals surface area contributed by atoms with Gasteiger partial charge in [0.25, 0.3) is 0 Å². The second kappa shape index (κ2) is 10.9. The van der Waals surface area contributed by atoms with Gasteiger partial charge in [0, 0.05) is 11.6 Å². The quantitative estimate of drug-likeness (QED) is 0.746. The summed E-state index contributed by atoms with van der Waals surface area (Å²) in [4.78, 5) is 14.4. The summed E-state index contributed by atoms with van der Waals surface area (Å²) in [7, 11) is 0. The number of amides is 1. The van der Waals surface area contributed by atoms with Crippen molar-refractivity contribution in [2.75, 3.05) is 19.6 Å². The number of halogens is 2. The summed E-state index contributed by atoms with van der Waals surface area (Å²) in [6.45, 7) is 10.4. The minimum atomic E-state index is -0.483. The molecule has 3 N–H and O–H groups in total. The lowest BCUT2D eigenvalue weighted by Gasteiger charge is -2.31. The highest BCUT2D eigenvalue weighted by Gasteiger charge is 2.23. The molecule has 0 heterocycles. The summed E-state index contributed by atoms with van der Waals surface area (Å²) in [6.07, 6.45) is 0. The van der Waals surface area contributed by atoms with Crippen LogP contribution in [0.15, 0.2) is 24.3 Å². The summed E-state index contributed by atoms with van der Waals surface area (Å²) in [5.74, 6) is 0.00595. The number of benzene rings is 1. The first-order valence-corrected chi connectivity index (χ1v) is 8.31. The zero-order chi connectivity index (χ0) is 16.7. The van der Waals surface area contributed by atoms with E-state index in [0.29, 0.717) is 6.54 Å². The summed E-state index contributed by atoms with van der Waals surface area (Å²) in [6, 6.07) is 7.35. The average Bonchev–Trinajstić information content (AvgIpc) is 2.51. The lowest BCUT2D eigenvalue weighted by molar-refractivity contribution is -0.123. The molecule has 0 aliphatic rings. The predicted octanol–water partition coefficient (Wildman–Crippen LogP) is 3.24. The van der Waals surface area contributed by atoms with Crippen LogP contribution >= 0.6 is 24.0 Å². The fraction of sp³-hybridized carbons (Fsp3) is 0.588. The van der Waals surface area contributed by atoms with Gasteiger partial charge in [-0.15, -0.1) is 12.4 Å². The number of nitrogens with one attached hydrogen (secondary N) is 1. The largest absolute Gasteiger partial charge is 0.353 e. The highest BCUT2D eigenvalue weighted by molar-refractivity contribution is 6.31. The molecule has 0 saturated heterocycles. The van der Waals surface area contributed by atoms with Crippen LogP contribution in [0.4, 0.5) is 0 Å². The van der Waals surface area contributed by atoms with Crippen molar-refractivity contribution < 1.29 is 4.79 Å². The summed E-state index contributed by atoms with van der Waals surface area (Å²) < 4.78 is 0. The van der Waals surface area contributed by atoms with Crippen LogP contribution in [0.2, 0.25) is 5.02 Å². The van der Waals surface area contributed by atoms with Gasteiger partial charge in [-0.05, 0) is 30.6 Å². The number of carbonyl (C=O) groups excluding carboxylic acids is 1. The lowest BCUT2D eigenvalue weighted by atomic mass is 10.0. The van der Waals surface area contributed by atoms with Crippen molar-refractivity contribution in [2.24, 2.45) is 11.7 Å². The molecule has 6 heteroatoms. The summed E-state index contributed by atoms with van der Waals surface area (Å²) >= 11 is 6.34.